The van der Waals surface area contributed by atoms with Gasteiger partial charge in [0.25, 0.3) is 0 Å². The topological polar surface area (TPSA) is 40.2 Å². The van der Waals surface area contributed by atoms with Gasteiger partial charge in [-0.25, -0.2) is 0 Å². The molecule has 1 aromatic rings. The van der Waals surface area contributed by atoms with E-state index in [1.165, 1.54) is 0 Å². The number of furan rings is 1. The number of halogens is 1. The Hall–Kier alpha value is -0.790. The molecule has 16 heavy (non-hydrogen) atoms. The molecule has 0 N–H and O–H groups in total. The average Bonchev–Trinajstić information content (AvgIpc) is 2.59. The maximum atomic E-state index is 8.61. The summed E-state index contributed by atoms with van der Waals surface area (Å²) < 4.78 is 6.22. The molecule has 0 aromatic carbocycles. The van der Waals surface area contributed by atoms with Gasteiger partial charge in [-0.1, -0.05) is 13.8 Å². The molecule has 0 amide bonds. The molecule has 0 bridgehead atoms. The Morgan fingerprint density at radius 3 is 2.75 bits per heavy atom. The van der Waals surface area contributed by atoms with E-state index in [1.807, 2.05) is 12.1 Å². The lowest BCUT2D eigenvalue weighted by Gasteiger charge is -2.21. The predicted molar refractivity (Wildman–Crippen MR) is 66.8 cm³/mol. The van der Waals surface area contributed by atoms with Gasteiger partial charge in [-0.05, 0) is 34.0 Å². The van der Waals surface area contributed by atoms with Gasteiger partial charge in [-0.2, -0.15) is 5.26 Å². The van der Waals surface area contributed by atoms with Crippen molar-refractivity contribution in [1.82, 2.24) is 4.90 Å². The van der Waals surface area contributed by atoms with E-state index in [4.69, 9.17) is 9.68 Å². The van der Waals surface area contributed by atoms with Gasteiger partial charge in [0.1, 0.15) is 5.76 Å². The summed E-state index contributed by atoms with van der Waals surface area (Å²) in [6, 6.07) is 6.04. The summed E-state index contributed by atoms with van der Waals surface area (Å²) in [5, 5.41) is 8.61. The molecule has 1 rings (SSSR count). The second kappa shape index (κ2) is 6.72. The van der Waals surface area contributed by atoms with Gasteiger partial charge < -0.3 is 4.42 Å². The molecule has 0 atom stereocenters. The van der Waals surface area contributed by atoms with Crippen LogP contribution in [-0.2, 0) is 6.54 Å². The Morgan fingerprint density at radius 2 is 2.25 bits per heavy atom. The predicted octanol–water partition coefficient (Wildman–Crippen LogP) is 3.41. The van der Waals surface area contributed by atoms with Crippen molar-refractivity contribution < 1.29 is 4.42 Å². The van der Waals surface area contributed by atoms with Crippen molar-refractivity contribution in [2.45, 2.75) is 26.8 Å². The third-order valence-electron chi connectivity index (χ3n) is 2.17. The lowest BCUT2D eigenvalue weighted by Crippen LogP contribution is -2.28. The minimum Gasteiger partial charge on any atom is -0.453 e. The zero-order chi connectivity index (χ0) is 12.0. The van der Waals surface area contributed by atoms with Crippen LogP contribution >= 0.6 is 15.9 Å². The number of hydrogen-bond acceptors (Lipinski definition) is 3. The normalized spacial score (nSPS) is 11.0. The van der Waals surface area contributed by atoms with Crippen molar-refractivity contribution in [2.75, 3.05) is 13.1 Å². The van der Waals surface area contributed by atoms with E-state index in [0.29, 0.717) is 12.3 Å². The fraction of sp³-hybridized carbons (Fsp3) is 0.583. The van der Waals surface area contributed by atoms with Gasteiger partial charge in [0.15, 0.2) is 4.67 Å². The number of nitriles is 1. The average molecular weight is 285 g/mol. The van der Waals surface area contributed by atoms with Gasteiger partial charge in [0.05, 0.1) is 12.6 Å². The molecule has 1 heterocycles. The first-order valence-electron chi connectivity index (χ1n) is 5.45. The summed E-state index contributed by atoms with van der Waals surface area (Å²) in [5.74, 6) is 1.53. The first kappa shape index (κ1) is 13.3. The van der Waals surface area contributed by atoms with E-state index >= 15 is 0 Å². The van der Waals surface area contributed by atoms with Crippen LogP contribution in [0.15, 0.2) is 21.2 Å². The Kier molecular flexibility index (Phi) is 5.58. The van der Waals surface area contributed by atoms with Gasteiger partial charge >= 0.3 is 0 Å². The zero-order valence-electron chi connectivity index (χ0n) is 9.74. The van der Waals surface area contributed by atoms with Crippen LogP contribution in [0.3, 0.4) is 0 Å². The monoisotopic (exact) mass is 284 g/mol. The third-order valence-corrected chi connectivity index (χ3v) is 2.60. The molecule has 0 aliphatic rings. The van der Waals surface area contributed by atoms with Crippen molar-refractivity contribution in [3.8, 4) is 6.07 Å². The summed E-state index contributed by atoms with van der Waals surface area (Å²) in [5.41, 5.74) is 0. The molecule has 0 unspecified atom stereocenters. The maximum Gasteiger partial charge on any atom is 0.169 e. The molecule has 0 radical (unpaired) electrons. The highest BCUT2D eigenvalue weighted by Crippen LogP contribution is 2.16. The van der Waals surface area contributed by atoms with Gasteiger partial charge in [0.2, 0.25) is 0 Å². The van der Waals surface area contributed by atoms with E-state index in [9.17, 15) is 0 Å². The SMILES string of the molecule is CC(C)CN(CCC#N)Cc1ccc(Br)o1. The molecular formula is C12H17BrN2O. The van der Waals surface area contributed by atoms with Crippen LogP contribution in [0, 0.1) is 17.2 Å². The lowest BCUT2D eigenvalue weighted by molar-refractivity contribution is 0.222. The first-order chi connectivity index (χ1) is 7.61. The molecule has 4 heteroatoms. The molecule has 88 valence electrons. The summed E-state index contributed by atoms with van der Waals surface area (Å²) in [6.45, 7) is 6.91. The quantitative estimate of drug-likeness (QED) is 0.804. The van der Waals surface area contributed by atoms with Crippen molar-refractivity contribution in [2.24, 2.45) is 5.92 Å². The Labute approximate surface area is 105 Å². The number of nitrogens with zero attached hydrogens (tertiary/aromatic N) is 2. The van der Waals surface area contributed by atoms with Gasteiger partial charge in [0, 0.05) is 19.5 Å². The summed E-state index contributed by atoms with van der Waals surface area (Å²) in [6.07, 6.45) is 0.564. The Morgan fingerprint density at radius 1 is 1.50 bits per heavy atom. The third kappa shape index (κ3) is 4.82. The molecule has 3 nitrogen and oxygen atoms in total. The smallest absolute Gasteiger partial charge is 0.169 e. The highest BCUT2D eigenvalue weighted by Gasteiger charge is 2.10. The van der Waals surface area contributed by atoms with Crippen molar-refractivity contribution in [3.05, 3.63) is 22.6 Å². The fourth-order valence-corrected chi connectivity index (χ4v) is 1.96. The zero-order valence-corrected chi connectivity index (χ0v) is 11.3. The number of rotatable bonds is 6. The minimum absolute atomic E-state index is 0.564. The van der Waals surface area contributed by atoms with Crippen LogP contribution in [-0.4, -0.2) is 18.0 Å². The fourth-order valence-electron chi connectivity index (χ4n) is 1.62. The molecule has 0 saturated heterocycles. The van der Waals surface area contributed by atoms with E-state index in [1.54, 1.807) is 0 Å². The molecule has 0 fully saturated rings. The molecule has 0 spiro atoms. The summed E-state index contributed by atoms with van der Waals surface area (Å²) in [4.78, 5) is 2.25. The van der Waals surface area contributed by atoms with E-state index in [-0.39, 0.29) is 0 Å². The van der Waals surface area contributed by atoms with E-state index < -0.39 is 0 Å². The van der Waals surface area contributed by atoms with Crippen LogP contribution in [0.2, 0.25) is 0 Å². The van der Waals surface area contributed by atoms with Crippen LogP contribution < -0.4 is 0 Å². The van der Waals surface area contributed by atoms with E-state index in [0.717, 1.165) is 30.1 Å². The van der Waals surface area contributed by atoms with Crippen LogP contribution in [0.4, 0.5) is 0 Å². The van der Waals surface area contributed by atoms with Crippen LogP contribution in [0.25, 0.3) is 0 Å². The molecule has 0 saturated carbocycles. The molecule has 0 aliphatic heterocycles. The molecular weight excluding hydrogens is 268 g/mol. The van der Waals surface area contributed by atoms with Crippen molar-refractivity contribution in [3.63, 3.8) is 0 Å². The Bertz CT molecular complexity index is 354. The summed E-state index contributed by atoms with van der Waals surface area (Å²) in [7, 11) is 0. The summed E-state index contributed by atoms with van der Waals surface area (Å²) >= 11 is 3.29. The minimum atomic E-state index is 0.564. The largest absolute Gasteiger partial charge is 0.453 e. The second-order valence-electron chi connectivity index (χ2n) is 4.24. The van der Waals surface area contributed by atoms with Crippen LogP contribution in [0.5, 0.6) is 0 Å². The lowest BCUT2D eigenvalue weighted by atomic mass is 10.2. The first-order valence-corrected chi connectivity index (χ1v) is 6.24. The molecule has 0 aliphatic carbocycles. The van der Waals surface area contributed by atoms with Crippen molar-refractivity contribution in [1.29, 1.82) is 5.26 Å². The Balaban J connectivity index is 2.52. The molecule has 1 aromatic heterocycles. The highest BCUT2D eigenvalue weighted by atomic mass is 79.9. The van der Waals surface area contributed by atoms with Gasteiger partial charge in [-0.3, -0.25) is 4.90 Å². The van der Waals surface area contributed by atoms with Crippen molar-refractivity contribution >= 4 is 15.9 Å². The maximum absolute atomic E-state index is 8.61. The van der Waals surface area contributed by atoms with Crippen LogP contribution in [0.1, 0.15) is 26.0 Å². The standard InChI is InChI=1S/C12H17BrN2O/c1-10(2)8-15(7-3-6-14)9-11-4-5-12(13)16-11/h4-5,10H,3,7-9H2,1-2H3. The van der Waals surface area contributed by atoms with E-state index in [2.05, 4.69) is 40.7 Å². The second-order valence-corrected chi connectivity index (χ2v) is 5.02. The van der Waals surface area contributed by atoms with Gasteiger partial charge in [-0.15, -0.1) is 0 Å². The number of hydrogen-bond donors (Lipinski definition) is 0. The highest BCUT2D eigenvalue weighted by molar-refractivity contribution is 9.10.